The van der Waals surface area contributed by atoms with Gasteiger partial charge in [0.2, 0.25) is 0 Å². The van der Waals surface area contributed by atoms with Crippen molar-refractivity contribution >= 4 is 29.0 Å². The number of anilines is 1. The van der Waals surface area contributed by atoms with Crippen LogP contribution in [-0.2, 0) is 6.18 Å². The zero-order chi connectivity index (χ0) is 23.6. The maximum atomic E-state index is 12.7. The molecule has 4 aromatic rings. The molecule has 0 bridgehead atoms. The van der Waals surface area contributed by atoms with E-state index in [9.17, 15) is 13.2 Å². The van der Waals surface area contributed by atoms with Crippen molar-refractivity contribution in [2.24, 2.45) is 5.73 Å². The molecule has 1 atom stereocenters. The molecule has 0 aliphatic heterocycles. The number of nitrogens with zero attached hydrogens (tertiary/aromatic N) is 4. The van der Waals surface area contributed by atoms with Gasteiger partial charge < -0.3 is 16.0 Å². The number of benzene rings is 1. The van der Waals surface area contributed by atoms with Crippen molar-refractivity contribution in [2.45, 2.75) is 12.2 Å². The zero-order valence-electron chi connectivity index (χ0n) is 16.7. The van der Waals surface area contributed by atoms with E-state index in [1.165, 1.54) is 6.07 Å². The Hall–Kier alpha value is -3.21. The minimum absolute atomic E-state index is 0.131. The molecule has 0 saturated carbocycles. The Morgan fingerprint density at radius 1 is 1.03 bits per heavy atom. The van der Waals surface area contributed by atoms with Crippen LogP contribution in [0.2, 0.25) is 10.0 Å². The van der Waals surface area contributed by atoms with Crippen molar-refractivity contribution in [2.75, 3.05) is 11.9 Å². The summed E-state index contributed by atoms with van der Waals surface area (Å²) in [4.78, 5) is 20.0. The van der Waals surface area contributed by atoms with Crippen LogP contribution in [0.5, 0.6) is 0 Å². The molecule has 0 amide bonds. The van der Waals surface area contributed by atoms with E-state index in [-0.39, 0.29) is 12.4 Å². The average molecular weight is 494 g/mol. The largest absolute Gasteiger partial charge is 0.417 e. The molecule has 0 aliphatic rings. The molecular weight excluding hydrogens is 478 g/mol. The molecule has 12 heteroatoms. The summed E-state index contributed by atoms with van der Waals surface area (Å²) < 4.78 is 38.1. The molecule has 0 aliphatic carbocycles. The number of aromatic amines is 1. The van der Waals surface area contributed by atoms with E-state index in [0.29, 0.717) is 38.5 Å². The highest BCUT2D eigenvalue weighted by Gasteiger charge is 2.30. The van der Waals surface area contributed by atoms with Crippen LogP contribution >= 0.6 is 23.2 Å². The number of hydrogen-bond donors (Lipinski definition) is 3. The predicted octanol–water partition coefficient (Wildman–Crippen LogP) is 5.37. The molecule has 3 heterocycles. The Labute approximate surface area is 196 Å². The maximum Gasteiger partial charge on any atom is 0.417 e. The number of H-pyrrole nitrogens is 1. The maximum absolute atomic E-state index is 12.7. The minimum Gasteiger partial charge on any atom is -0.368 e. The van der Waals surface area contributed by atoms with Crippen molar-refractivity contribution in [3.8, 4) is 22.6 Å². The molecule has 3 aromatic heterocycles. The number of alkyl halides is 3. The van der Waals surface area contributed by atoms with Crippen LogP contribution in [0.4, 0.5) is 19.0 Å². The van der Waals surface area contributed by atoms with E-state index >= 15 is 0 Å². The molecule has 170 valence electrons. The highest BCUT2D eigenvalue weighted by molar-refractivity contribution is 6.36. The summed E-state index contributed by atoms with van der Waals surface area (Å²) in [5, 5.41) is 3.76. The Balaban J connectivity index is 1.60. The van der Waals surface area contributed by atoms with E-state index in [0.717, 1.165) is 12.3 Å². The third kappa shape index (κ3) is 5.24. The fraction of sp³-hybridized carbons (Fsp3) is 0.143. The van der Waals surface area contributed by atoms with Crippen molar-refractivity contribution in [3.05, 3.63) is 76.6 Å². The van der Waals surface area contributed by atoms with Gasteiger partial charge in [0.25, 0.3) is 0 Å². The Morgan fingerprint density at radius 2 is 1.85 bits per heavy atom. The Kier molecular flexibility index (Phi) is 6.50. The topological polar surface area (TPSA) is 105 Å². The first-order chi connectivity index (χ1) is 15.7. The molecule has 0 saturated heterocycles. The second-order valence-corrected chi connectivity index (χ2v) is 7.81. The lowest BCUT2D eigenvalue weighted by Crippen LogP contribution is -2.23. The number of halogens is 5. The van der Waals surface area contributed by atoms with Gasteiger partial charge in [-0.05, 0) is 30.3 Å². The Morgan fingerprint density at radius 3 is 2.48 bits per heavy atom. The number of aromatic nitrogens is 5. The fourth-order valence-corrected chi connectivity index (χ4v) is 3.52. The SMILES string of the molecule is NC(CNc1ccc(C(F)(F)F)cn1)c1ncc(-c2ncc[nH]2)c(-c2ccc(Cl)cc2Cl)n1. The van der Waals surface area contributed by atoms with Gasteiger partial charge in [0.1, 0.15) is 17.5 Å². The first-order valence-electron chi connectivity index (χ1n) is 9.57. The summed E-state index contributed by atoms with van der Waals surface area (Å²) in [5.41, 5.74) is 7.13. The highest BCUT2D eigenvalue weighted by atomic mass is 35.5. The number of nitrogens with two attached hydrogens (primary N) is 1. The van der Waals surface area contributed by atoms with Crippen LogP contribution in [0.3, 0.4) is 0 Å². The summed E-state index contributed by atoms with van der Waals surface area (Å²) in [6.07, 6.45) is 1.15. The second kappa shape index (κ2) is 9.34. The summed E-state index contributed by atoms with van der Waals surface area (Å²) in [5.74, 6) is 1.08. The number of pyridine rings is 1. The summed E-state index contributed by atoms with van der Waals surface area (Å²) >= 11 is 12.4. The first-order valence-corrected chi connectivity index (χ1v) is 10.3. The van der Waals surface area contributed by atoms with E-state index in [2.05, 4.69) is 30.2 Å². The first kappa shape index (κ1) is 23.0. The van der Waals surface area contributed by atoms with E-state index < -0.39 is 17.8 Å². The lowest BCUT2D eigenvalue weighted by molar-refractivity contribution is -0.137. The molecular formula is C21H16Cl2F3N7. The average Bonchev–Trinajstić information content (AvgIpc) is 3.31. The van der Waals surface area contributed by atoms with Crippen LogP contribution in [0.25, 0.3) is 22.6 Å². The van der Waals surface area contributed by atoms with Gasteiger partial charge in [-0.1, -0.05) is 23.2 Å². The molecule has 1 aromatic carbocycles. The van der Waals surface area contributed by atoms with Gasteiger partial charge in [-0.15, -0.1) is 0 Å². The van der Waals surface area contributed by atoms with E-state index in [4.69, 9.17) is 28.9 Å². The smallest absolute Gasteiger partial charge is 0.368 e. The Bertz CT molecular complexity index is 1250. The number of hydrogen-bond acceptors (Lipinski definition) is 6. The van der Waals surface area contributed by atoms with Gasteiger partial charge in [-0.2, -0.15) is 13.2 Å². The van der Waals surface area contributed by atoms with Gasteiger partial charge in [0.05, 0.1) is 27.9 Å². The van der Waals surface area contributed by atoms with Crippen LogP contribution < -0.4 is 11.1 Å². The monoisotopic (exact) mass is 493 g/mol. The molecule has 4 rings (SSSR count). The third-order valence-corrected chi connectivity index (χ3v) is 5.22. The summed E-state index contributed by atoms with van der Waals surface area (Å²) in [6.45, 7) is 0.131. The lowest BCUT2D eigenvalue weighted by atomic mass is 10.1. The number of imidazole rings is 1. The van der Waals surface area contributed by atoms with Crippen molar-refractivity contribution in [3.63, 3.8) is 0 Å². The summed E-state index contributed by atoms with van der Waals surface area (Å²) in [7, 11) is 0. The zero-order valence-corrected chi connectivity index (χ0v) is 18.2. The van der Waals surface area contributed by atoms with Gasteiger partial charge in [0.15, 0.2) is 0 Å². The van der Waals surface area contributed by atoms with Gasteiger partial charge >= 0.3 is 6.18 Å². The predicted molar refractivity (Wildman–Crippen MR) is 120 cm³/mol. The molecule has 0 fully saturated rings. The van der Waals surface area contributed by atoms with Crippen LogP contribution in [-0.4, -0.2) is 31.5 Å². The standard InChI is InChI=1S/C21H16Cl2F3N7/c22-12-2-3-13(15(23)7-12)18-14(19-28-5-6-29-19)9-32-20(33-18)16(27)10-31-17-4-1-11(8-30-17)21(24,25)26/h1-9,16H,10,27H2,(H,28,29)(H,30,31). The third-order valence-electron chi connectivity index (χ3n) is 4.67. The van der Waals surface area contributed by atoms with Gasteiger partial charge in [0, 0.05) is 41.9 Å². The van der Waals surface area contributed by atoms with Crippen molar-refractivity contribution in [1.82, 2.24) is 24.9 Å². The normalized spacial score (nSPS) is 12.5. The van der Waals surface area contributed by atoms with Crippen LogP contribution in [0.1, 0.15) is 17.4 Å². The lowest BCUT2D eigenvalue weighted by Gasteiger charge is -2.15. The fourth-order valence-electron chi connectivity index (χ4n) is 3.02. The van der Waals surface area contributed by atoms with E-state index in [1.807, 2.05) is 0 Å². The molecule has 0 spiro atoms. The quantitative estimate of drug-likeness (QED) is 0.333. The van der Waals surface area contributed by atoms with Crippen LogP contribution in [0.15, 0.2) is 55.1 Å². The summed E-state index contributed by atoms with van der Waals surface area (Å²) in [6, 6.07) is 6.51. The van der Waals surface area contributed by atoms with Gasteiger partial charge in [-0.25, -0.2) is 19.9 Å². The van der Waals surface area contributed by atoms with Crippen molar-refractivity contribution in [1.29, 1.82) is 0 Å². The molecule has 0 radical (unpaired) electrons. The van der Waals surface area contributed by atoms with Crippen LogP contribution in [0, 0.1) is 0 Å². The van der Waals surface area contributed by atoms with Gasteiger partial charge in [-0.3, -0.25) is 0 Å². The highest BCUT2D eigenvalue weighted by Crippen LogP contribution is 2.35. The van der Waals surface area contributed by atoms with Crippen molar-refractivity contribution < 1.29 is 13.2 Å². The minimum atomic E-state index is -4.45. The molecule has 33 heavy (non-hydrogen) atoms. The molecule has 1 unspecified atom stereocenters. The molecule has 4 N–H and O–H groups in total. The number of nitrogens with one attached hydrogen (secondary N) is 2. The second-order valence-electron chi connectivity index (χ2n) is 6.97. The molecule has 7 nitrogen and oxygen atoms in total. The van der Waals surface area contributed by atoms with E-state index in [1.54, 1.807) is 36.8 Å². The number of rotatable bonds is 6.